The second-order valence-electron chi connectivity index (χ2n) is 5.43. The van der Waals surface area contributed by atoms with Crippen molar-refractivity contribution in [3.8, 4) is 0 Å². The Morgan fingerprint density at radius 1 is 1.27 bits per heavy atom. The molecular weight excluding hydrogens is 132 g/mol. The van der Waals surface area contributed by atoms with Gasteiger partial charge in [-0.2, -0.15) is 0 Å². The summed E-state index contributed by atoms with van der Waals surface area (Å²) in [6, 6.07) is 0. The van der Waals surface area contributed by atoms with Crippen LogP contribution in [0.3, 0.4) is 0 Å². The fraction of sp³-hybridized carbons (Fsp3) is 1.00. The second-order valence-corrected chi connectivity index (χ2v) is 5.43. The van der Waals surface area contributed by atoms with Gasteiger partial charge >= 0.3 is 0 Å². The Kier molecular flexibility index (Phi) is 2.07. The van der Waals surface area contributed by atoms with Gasteiger partial charge in [0.15, 0.2) is 0 Å². The van der Waals surface area contributed by atoms with Crippen LogP contribution in [0.5, 0.6) is 0 Å². The molecule has 1 aliphatic carbocycles. The van der Waals surface area contributed by atoms with E-state index in [4.69, 9.17) is 0 Å². The van der Waals surface area contributed by atoms with Crippen LogP contribution in [0.25, 0.3) is 0 Å². The first-order valence-corrected chi connectivity index (χ1v) is 4.90. The first-order valence-electron chi connectivity index (χ1n) is 4.90. The van der Waals surface area contributed by atoms with Crippen LogP contribution in [0, 0.1) is 16.7 Å². The van der Waals surface area contributed by atoms with Crippen molar-refractivity contribution in [1.29, 1.82) is 0 Å². The van der Waals surface area contributed by atoms with Gasteiger partial charge in [-0.05, 0) is 29.6 Å². The Balaban J connectivity index is 2.71. The molecule has 11 heavy (non-hydrogen) atoms. The Morgan fingerprint density at radius 3 is 2.00 bits per heavy atom. The minimum absolute atomic E-state index is 0.588. The van der Waals surface area contributed by atoms with Gasteiger partial charge in [-0.1, -0.05) is 41.0 Å². The van der Waals surface area contributed by atoms with E-state index >= 15 is 0 Å². The highest BCUT2D eigenvalue weighted by Gasteiger charge is 2.43. The zero-order valence-electron chi connectivity index (χ0n) is 8.70. The van der Waals surface area contributed by atoms with E-state index in [0.717, 1.165) is 5.92 Å². The standard InChI is InChI=1S/C11H22/c1-6-11(5)7-9(2)10(3,4)8-11/h9H,6-8H2,1-5H3/t9-,11+/m0/s1. The molecule has 0 aromatic rings. The van der Waals surface area contributed by atoms with Crippen LogP contribution in [0.4, 0.5) is 0 Å². The van der Waals surface area contributed by atoms with Crippen molar-refractivity contribution < 1.29 is 0 Å². The number of rotatable bonds is 1. The van der Waals surface area contributed by atoms with Crippen LogP contribution in [-0.4, -0.2) is 0 Å². The van der Waals surface area contributed by atoms with E-state index in [9.17, 15) is 0 Å². The van der Waals surface area contributed by atoms with Crippen molar-refractivity contribution in [3.63, 3.8) is 0 Å². The number of hydrogen-bond donors (Lipinski definition) is 0. The summed E-state index contributed by atoms with van der Waals surface area (Å²) in [6.45, 7) is 12.0. The van der Waals surface area contributed by atoms with Crippen LogP contribution >= 0.6 is 0 Å². The normalized spacial score (nSPS) is 42.8. The molecule has 0 heteroatoms. The molecule has 1 fully saturated rings. The van der Waals surface area contributed by atoms with Crippen LogP contribution in [0.15, 0.2) is 0 Å². The van der Waals surface area contributed by atoms with E-state index in [1.54, 1.807) is 0 Å². The lowest BCUT2D eigenvalue weighted by molar-refractivity contribution is 0.255. The van der Waals surface area contributed by atoms with Crippen LogP contribution in [0.1, 0.15) is 53.9 Å². The summed E-state index contributed by atoms with van der Waals surface area (Å²) in [5.74, 6) is 0.910. The SMILES string of the molecule is CC[C@]1(C)C[C@H](C)C(C)(C)C1. The van der Waals surface area contributed by atoms with Gasteiger partial charge < -0.3 is 0 Å². The van der Waals surface area contributed by atoms with Gasteiger partial charge in [0.2, 0.25) is 0 Å². The van der Waals surface area contributed by atoms with Crippen LogP contribution in [-0.2, 0) is 0 Å². The van der Waals surface area contributed by atoms with Gasteiger partial charge in [-0.3, -0.25) is 0 Å². The Hall–Kier alpha value is 0. The van der Waals surface area contributed by atoms with Gasteiger partial charge in [0, 0.05) is 0 Å². The predicted molar refractivity (Wildman–Crippen MR) is 50.6 cm³/mol. The highest BCUT2D eigenvalue weighted by atomic mass is 14.5. The van der Waals surface area contributed by atoms with E-state index in [0.29, 0.717) is 10.8 Å². The first-order chi connectivity index (χ1) is 4.90. The second kappa shape index (κ2) is 2.50. The molecule has 0 aromatic carbocycles. The summed E-state index contributed by atoms with van der Waals surface area (Å²) in [4.78, 5) is 0. The third-order valence-corrected chi connectivity index (χ3v) is 3.87. The fourth-order valence-corrected chi connectivity index (χ4v) is 2.63. The van der Waals surface area contributed by atoms with E-state index in [-0.39, 0.29) is 0 Å². The van der Waals surface area contributed by atoms with Gasteiger partial charge in [0.05, 0.1) is 0 Å². The van der Waals surface area contributed by atoms with Gasteiger partial charge in [-0.15, -0.1) is 0 Å². The molecule has 0 aromatic heterocycles. The lowest BCUT2D eigenvalue weighted by Crippen LogP contribution is -2.15. The third kappa shape index (κ3) is 1.60. The van der Waals surface area contributed by atoms with Crippen LogP contribution < -0.4 is 0 Å². The zero-order chi connectivity index (χ0) is 8.70. The highest BCUT2D eigenvalue weighted by Crippen LogP contribution is 2.53. The molecule has 1 saturated carbocycles. The van der Waals surface area contributed by atoms with Gasteiger partial charge in [-0.25, -0.2) is 0 Å². The zero-order valence-corrected chi connectivity index (χ0v) is 8.70. The summed E-state index contributed by atoms with van der Waals surface area (Å²) in [5.41, 5.74) is 1.23. The van der Waals surface area contributed by atoms with Crippen molar-refractivity contribution in [2.24, 2.45) is 16.7 Å². The molecule has 0 spiro atoms. The smallest absolute Gasteiger partial charge is 0.0321 e. The van der Waals surface area contributed by atoms with Gasteiger partial charge in [0.1, 0.15) is 0 Å². The minimum Gasteiger partial charge on any atom is -0.0649 e. The summed E-state index contributed by atoms with van der Waals surface area (Å²) < 4.78 is 0. The lowest BCUT2D eigenvalue weighted by Gasteiger charge is -2.25. The van der Waals surface area contributed by atoms with Crippen molar-refractivity contribution in [1.82, 2.24) is 0 Å². The van der Waals surface area contributed by atoms with E-state index in [2.05, 4.69) is 34.6 Å². The molecule has 0 bridgehead atoms. The van der Waals surface area contributed by atoms with Crippen molar-refractivity contribution in [2.45, 2.75) is 53.9 Å². The minimum atomic E-state index is 0.588. The molecule has 66 valence electrons. The number of hydrogen-bond acceptors (Lipinski definition) is 0. The molecule has 0 radical (unpaired) electrons. The molecule has 0 N–H and O–H groups in total. The molecule has 0 saturated heterocycles. The molecule has 0 nitrogen and oxygen atoms in total. The Labute approximate surface area is 71.4 Å². The third-order valence-electron chi connectivity index (χ3n) is 3.87. The summed E-state index contributed by atoms with van der Waals surface area (Å²) in [5, 5.41) is 0. The lowest BCUT2D eigenvalue weighted by atomic mass is 9.80. The van der Waals surface area contributed by atoms with Gasteiger partial charge in [0.25, 0.3) is 0 Å². The Morgan fingerprint density at radius 2 is 1.82 bits per heavy atom. The molecule has 0 amide bonds. The molecule has 0 unspecified atom stereocenters. The maximum atomic E-state index is 2.44. The van der Waals surface area contributed by atoms with Crippen LogP contribution in [0.2, 0.25) is 0 Å². The molecule has 0 heterocycles. The Bertz CT molecular complexity index is 146. The molecule has 1 rings (SSSR count). The highest BCUT2D eigenvalue weighted by molar-refractivity contribution is 4.93. The van der Waals surface area contributed by atoms with E-state index in [1.807, 2.05) is 0 Å². The van der Waals surface area contributed by atoms with Crippen molar-refractivity contribution in [2.75, 3.05) is 0 Å². The quantitative estimate of drug-likeness (QED) is 0.538. The van der Waals surface area contributed by atoms with Crippen molar-refractivity contribution >= 4 is 0 Å². The maximum Gasteiger partial charge on any atom is -0.0321 e. The fourth-order valence-electron chi connectivity index (χ4n) is 2.63. The maximum absolute atomic E-state index is 2.44. The first kappa shape index (κ1) is 9.09. The largest absolute Gasteiger partial charge is 0.0649 e. The average molecular weight is 154 g/mol. The van der Waals surface area contributed by atoms with Crippen molar-refractivity contribution in [3.05, 3.63) is 0 Å². The average Bonchev–Trinajstić information content (AvgIpc) is 2.04. The van der Waals surface area contributed by atoms with E-state index in [1.165, 1.54) is 19.3 Å². The predicted octanol–water partition coefficient (Wildman–Crippen LogP) is 3.86. The van der Waals surface area contributed by atoms with E-state index < -0.39 is 0 Å². The summed E-state index contributed by atoms with van der Waals surface area (Å²) in [6.07, 6.45) is 4.19. The molecule has 0 aliphatic heterocycles. The topological polar surface area (TPSA) is 0 Å². The molecule has 2 atom stereocenters. The molecule has 1 aliphatic rings. The monoisotopic (exact) mass is 154 g/mol. The summed E-state index contributed by atoms with van der Waals surface area (Å²) in [7, 11) is 0. The molecular formula is C11H22. The summed E-state index contributed by atoms with van der Waals surface area (Å²) >= 11 is 0.